The largest absolute Gasteiger partial charge is 0.469 e. The third-order valence-corrected chi connectivity index (χ3v) is 4.68. The number of methoxy groups -OCH3 is 1. The molecule has 1 saturated carbocycles. The Labute approximate surface area is 116 Å². The number of pyridine rings is 1. The van der Waals surface area contributed by atoms with Crippen LogP contribution in [0.4, 0.5) is 0 Å². The van der Waals surface area contributed by atoms with Gasteiger partial charge in [-0.3, -0.25) is 14.6 Å². The lowest BCUT2D eigenvalue weighted by molar-refractivity contribution is -0.141. The Morgan fingerprint density at radius 3 is 2.63 bits per heavy atom. The van der Waals surface area contributed by atoms with E-state index in [-0.39, 0.29) is 17.2 Å². The number of thioether (sulfide) groups is 1. The smallest absolute Gasteiger partial charge is 0.306 e. The molecule has 1 aromatic rings. The lowest BCUT2D eigenvalue weighted by Gasteiger charge is -2.12. The predicted molar refractivity (Wildman–Crippen MR) is 73.3 cm³/mol. The average molecular weight is 279 g/mol. The van der Waals surface area contributed by atoms with Crippen molar-refractivity contribution in [2.24, 2.45) is 5.41 Å². The first-order valence-electron chi connectivity index (χ1n) is 6.21. The molecule has 1 heterocycles. The summed E-state index contributed by atoms with van der Waals surface area (Å²) in [6, 6.07) is 3.65. The molecule has 0 N–H and O–H groups in total. The maximum Gasteiger partial charge on any atom is 0.306 e. The summed E-state index contributed by atoms with van der Waals surface area (Å²) < 4.78 is 4.72. The monoisotopic (exact) mass is 279 g/mol. The maximum absolute atomic E-state index is 11.3. The van der Waals surface area contributed by atoms with Gasteiger partial charge >= 0.3 is 5.97 Å². The number of nitrogens with zero attached hydrogens (tertiary/aromatic N) is 1. The van der Waals surface area contributed by atoms with Gasteiger partial charge in [-0.05, 0) is 30.4 Å². The van der Waals surface area contributed by atoms with E-state index in [9.17, 15) is 9.59 Å². The van der Waals surface area contributed by atoms with E-state index in [0.717, 1.165) is 23.5 Å². The van der Waals surface area contributed by atoms with Gasteiger partial charge in [0.1, 0.15) is 5.69 Å². The molecule has 1 aliphatic carbocycles. The summed E-state index contributed by atoms with van der Waals surface area (Å²) in [4.78, 5) is 27.6. The molecule has 1 aromatic heterocycles. The van der Waals surface area contributed by atoms with Crippen molar-refractivity contribution in [1.29, 1.82) is 0 Å². The van der Waals surface area contributed by atoms with Gasteiger partial charge in [-0.2, -0.15) is 0 Å². The van der Waals surface area contributed by atoms with E-state index >= 15 is 0 Å². The van der Waals surface area contributed by atoms with E-state index in [0.29, 0.717) is 12.1 Å². The van der Waals surface area contributed by atoms with E-state index < -0.39 is 0 Å². The fourth-order valence-corrected chi connectivity index (χ4v) is 2.99. The molecule has 0 aromatic carbocycles. The van der Waals surface area contributed by atoms with Crippen LogP contribution >= 0.6 is 11.8 Å². The SMILES string of the molecule is COC(=O)CC1(CSc2ccc(C(C)=O)nc2)CC1. The number of carbonyl (C=O) groups excluding carboxylic acids is 2. The molecule has 0 unspecified atom stereocenters. The minimum atomic E-state index is -0.136. The van der Waals surface area contributed by atoms with Gasteiger partial charge in [0.05, 0.1) is 13.5 Å². The zero-order valence-corrected chi connectivity index (χ0v) is 12.0. The van der Waals surface area contributed by atoms with Crippen LogP contribution in [0.2, 0.25) is 0 Å². The van der Waals surface area contributed by atoms with Gasteiger partial charge in [-0.25, -0.2) is 0 Å². The third-order valence-electron chi connectivity index (χ3n) is 3.35. The number of rotatable bonds is 6. The summed E-state index contributed by atoms with van der Waals surface area (Å²) in [5.41, 5.74) is 0.594. The van der Waals surface area contributed by atoms with Crippen LogP contribution in [0.5, 0.6) is 0 Å². The summed E-state index contributed by atoms with van der Waals surface area (Å²) in [5.74, 6) is 0.729. The molecule has 2 rings (SSSR count). The van der Waals surface area contributed by atoms with Crippen molar-refractivity contribution >= 4 is 23.5 Å². The van der Waals surface area contributed by atoms with Crippen LogP contribution in [0.1, 0.15) is 36.7 Å². The number of carbonyl (C=O) groups is 2. The molecule has 19 heavy (non-hydrogen) atoms. The van der Waals surface area contributed by atoms with Crippen LogP contribution in [-0.2, 0) is 9.53 Å². The van der Waals surface area contributed by atoms with E-state index in [4.69, 9.17) is 4.74 Å². The van der Waals surface area contributed by atoms with Crippen LogP contribution in [0, 0.1) is 5.41 Å². The van der Waals surface area contributed by atoms with Crippen LogP contribution in [-0.4, -0.2) is 29.6 Å². The highest BCUT2D eigenvalue weighted by molar-refractivity contribution is 7.99. The second kappa shape index (κ2) is 5.74. The number of esters is 1. The maximum atomic E-state index is 11.3. The normalized spacial score (nSPS) is 15.9. The quantitative estimate of drug-likeness (QED) is 0.455. The Morgan fingerprint density at radius 1 is 1.42 bits per heavy atom. The average Bonchev–Trinajstić information content (AvgIpc) is 3.17. The fraction of sp³-hybridized carbons (Fsp3) is 0.500. The topological polar surface area (TPSA) is 56.3 Å². The number of Topliss-reactive ketones (excluding diaryl/α,β-unsaturated/α-hetero) is 1. The lowest BCUT2D eigenvalue weighted by atomic mass is 10.1. The van der Waals surface area contributed by atoms with Crippen LogP contribution in [0.25, 0.3) is 0 Å². The van der Waals surface area contributed by atoms with Gasteiger partial charge < -0.3 is 4.74 Å². The van der Waals surface area contributed by atoms with E-state index in [1.165, 1.54) is 14.0 Å². The van der Waals surface area contributed by atoms with Gasteiger partial charge in [0.15, 0.2) is 5.78 Å². The Balaban J connectivity index is 1.88. The number of aromatic nitrogens is 1. The van der Waals surface area contributed by atoms with Crippen molar-refractivity contribution in [2.75, 3.05) is 12.9 Å². The minimum absolute atomic E-state index is 0.0269. The van der Waals surface area contributed by atoms with Crippen molar-refractivity contribution in [3.8, 4) is 0 Å². The first-order valence-corrected chi connectivity index (χ1v) is 7.20. The van der Waals surface area contributed by atoms with Crippen molar-refractivity contribution < 1.29 is 14.3 Å². The van der Waals surface area contributed by atoms with E-state index in [1.54, 1.807) is 24.0 Å². The lowest BCUT2D eigenvalue weighted by Crippen LogP contribution is -2.13. The molecule has 4 nitrogen and oxygen atoms in total. The highest BCUT2D eigenvalue weighted by Gasteiger charge is 2.44. The number of ether oxygens (including phenoxy) is 1. The summed E-state index contributed by atoms with van der Waals surface area (Å²) in [6.07, 6.45) is 4.37. The molecule has 5 heteroatoms. The summed E-state index contributed by atoms with van der Waals surface area (Å²) in [6.45, 7) is 1.50. The van der Waals surface area contributed by atoms with Gasteiger partial charge in [-0.1, -0.05) is 0 Å². The molecule has 0 saturated heterocycles. The molecule has 1 aliphatic rings. The third kappa shape index (κ3) is 3.80. The van der Waals surface area contributed by atoms with Crippen LogP contribution < -0.4 is 0 Å². The highest BCUT2D eigenvalue weighted by Crippen LogP contribution is 2.52. The van der Waals surface area contributed by atoms with E-state index in [1.807, 2.05) is 6.07 Å². The molecule has 0 bridgehead atoms. The molecule has 0 aliphatic heterocycles. The number of ketones is 1. The molecular weight excluding hydrogens is 262 g/mol. The van der Waals surface area contributed by atoms with Gasteiger partial charge in [0, 0.05) is 23.8 Å². The minimum Gasteiger partial charge on any atom is -0.469 e. The molecule has 0 atom stereocenters. The second-order valence-corrected chi connectivity index (χ2v) is 6.03. The molecule has 0 radical (unpaired) electrons. The van der Waals surface area contributed by atoms with Gasteiger partial charge in [0.2, 0.25) is 0 Å². The van der Waals surface area contributed by atoms with Crippen LogP contribution in [0.3, 0.4) is 0 Å². The zero-order chi connectivity index (χ0) is 13.9. The Bertz CT molecular complexity index is 480. The highest BCUT2D eigenvalue weighted by atomic mass is 32.2. The summed E-state index contributed by atoms with van der Waals surface area (Å²) >= 11 is 1.68. The summed E-state index contributed by atoms with van der Waals surface area (Å²) in [5, 5.41) is 0. The Kier molecular flexibility index (Phi) is 4.24. The van der Waals surface area contributed by atoms with Crippen molar-refractivity contribution in [2.45, 2.75) is 31.1 Å². The fourth-order valence-electron chi connectivity index (χ4n) is 1.84. The van der Waals surface area contributed by atoms with Crippen molar-refractivity contribution in [1.82, 2.24) is 4.98 Å². The first kappa shape index (κ1) is 14.1. The molecule has 0 amide bonds. The number of hydrogen-bond acceptors (Lipinski definition) is 5. The molecule has 0 spiro atoms. The second-order valence-electron chi connectivity index (χ2n) is 4.98. The number of hydrogen-bond donors (Lipinski definition) is 0. The Hall–Kier alpha value is -1.36. The Morgan fingerprint density at radius 2 is 2.16 bits per heavy atom. The molecule has 1 fully saturated rings. The molecule has 102 valence electrons. The predicted octanol–water partition coefficient (Wildman–Crippen LogP) is 2.72. The first-order chi connectivity index (χ1) is 9.04. The zero-order valence-electron chi connectivity index (χ0n) is 11.1. The van der Waals surface area contributed by atoms with Crippen LogP contribution in [0.15, 0.2) is 23.2 Å². The van der Waals surface area contributed by atoms with Crippen molar-refractivity contribution in [3.63, 3.8) is 0 Å². The molecular formula is C14H17NO3S. The van der Waals surface area contributed by atoms with Crippen molar-refractivity contribution in [3.05, 3.63) is 24.0 Å². The van der Waals surface area contributed by atoms with E-state index in [2.05, 4.69) is 4.98 Å². The van der Waals surface area contributed by atoms with Gasteiger partial charge in [0.25, 0.3) is 0 Å². The van der Waals surface area contributed by atoms with Gasteiger partial charge in [-0.15, -0.1) is 11.8 Å². The standard InChI is InChI=1S/C14H17NO3S/c1-10(16)12-4-3-11(8-15-12)19-9-14(5-6-14)7-13(17)18-2/h3-4,8H,5-7,9H2,1-2H3. The summed E-state index contributed by atoms with van der Waals surface area (Å²) in [7, 11) is 1.43.